The van der Waals surface area contributed by atoms with Crippen LogP contribution in [0, 0.1) is 0 Å². The molecule has 3 nitrogen and oxygen atoms in total. The van der Waals surface area contributed by atoms with Gasteiger partial charge in [-0.15, -0.1) is 0 Å². The first-order valence-electron chi connectivity index (χ1n) is 4.58. The molecule has 2 aromatic rings. The molecule has 0 aliphatic rings. The van der Waals surface area contributed by atoms with Crippen molar-refractivity contribution in [3.05, 3.63) is 46.8 Å². The number of aromatic nitrogens is 2. The van der Waals surface area contributed by atoms with Gasteiger partial charge in [0.2, 0.25) is 0 Å². The molecule has 4 heteroatoms. The van der Waals surface area contributed by atoms with Gasteiger partial charge >= 0.3 is 0 Å². The van der Waals surface area contributed by atoms with E-state index in [1.54, 1.807) is 0 Å². The van der Waals surface area contributed by atoms with Gasteiger partial charge in [-0.25, -0.2) is 9.97 Å². The second kappa shape index (κ2) is 4.51. The summed E-state index contributed by atoms with van der Waals surface area (Å²) in [5.74, 6) is 0. The van der Waals surface area contributed by atoms with Crippen LogP contribution >= 0.6 is 15.9 Å². The van der Waals surface area contributed by atoms with E-state index in [2.05, 4.69) is 25.9 Å². The molecule has 15 heavy (non-hydrogen) atoms. The molecule has 0 atom stereocenters. The van der Waals surface area contributed by atoms with Crippen molar-refractivity contribution in [2.24, 2.45) is 5.73 Å². The van der Waals surface area contributed by atoms with E-state index in [4.69, 9.17) is 5.73 Å². The van der Waals surface area contributed by atoms with Crippen LogP contribution in [0.2, 0.25) is 0 Å². The first kappa shape index (κ1) is 10.3. The van der Waals surface area contributed by atoms with Crippen molar-refractivity contribution in [2.45, 2.75) is 6.54 Å². The molecule has 0 saturated heterocycles. The van der Waals surface area contributed by atoms with Gasteiger partial charge in [-0.05, 0) is 22.0 Å². The molecular weight excluding hydrogens is 254 g/mol. The van der Waals surface area contributed by atoms with Crippen molar-refractivity contribution in [2.75, 3.05) is 0 Å². The van der Waals surface area contributed by atoms with Gasteiger partial charge in [-0.3, -0.25) is 0 Å². The van der Waals surface area contributed by atoms with Gasteiger partial charge in [0.05, 0.1) is 11.4 Å². The predicted octanol–water partition coefficient (Wildman–Crippen LogP) is 2.36. The number of benzene rings is 1. The van der Waals surface area contributed by atoms with Gasteiger partial charge < -0.3 is 5.73 Å². The van der Waals surface area contributed by atoms with E-state index in [1.807, 2.05) is 36.4 Å². The highest BCUT2D eigenvalue weighted by molar-refractivity contribution is 9.10. The second-order valence-corrected chi connectivity index (χ2v) is 3.79. The standard InChI is InChI=1S/C11H10BrN3/c12-11-14-9(7-13)6-10(15-11)8-4-2-1-3-5-8/h1-6H,7,13H2. The third-order valence-electron chi connectivity index (χ3n) is 2.03. The van der Waals surface area contributed by atoms with Crippen molar-refractivity contribution >= 4 is 15.9 Å². The van der Waals surface area contributed by atoms with Gasteiger partial charge in [0, 0.05) is 12.1 Å². The maximum atomic E-state index is 5.55. The van der Waals surface area contributed by atoms with Crippen molar-refractivity contribution in [3.63, 3.8) is 0 Å². The van der Waals surface area contributed by atoms with Crippen molar-refractivity contribution in [1.29, 1.82) is 0 Å². The van der Waals surface area contributed by atoms with Gasteiger partial charge in [0.15, 0.2) is 4.73 Å². The van der Waals surface area contributed by atoms with Gasteiger partial charge in [0.25, 0.3) is 0 Å². The lowest BCUT2D eigenvalue weighted by Crippen LogP contribution is -2.01. The lowest BCUT2D eigenvalue weighted by molar-refractivity contribution is 0.947. The van der Waals surface area contributed by atoms with E-state index in [0.717, 1.165) is 17.0 Å². The molecule has 76 valence electrons. The number of halogens is 1. The monoisotopic (exact) mass is 263 g/mol. The largest absolute Gasteiger partial charge is 0.325 e. The van der Waals surface area contributed by atoms with Crippen molar-refractivity contribution < 1.29 is 0 Å². The van der Waals surface area contributed by atoms with Crippen LogP contribution < -0.4 is 5.73 Å². The number of nitrogens with zero attached hydrogens (tertiary/aromatic N) is 2. The van der Waals surface area contributed by atoms with Crippen LogP contribution in [-0.4, -0.2) is 9.97 Å². The smallest absolute Gasteiger partial charge is 0.197 e. The van der Waals surface area contributed by atoms with Crippen molar-refractivity contribution in [1.82, 2.24) is 9.97 Å². The summed E-state index contributed by atoms with van der Waals surface area (Å²) in [4.78, 5) is 8.46. The molecule has 1 aromatic heterocycles. The van der Waals surface area contributed by atoms with E-state index in [1.165, 1.54) is 0 Å². The molecule has 0 amide bonds. The Labute approximate surface area is 96.5 Å². The summed E-state index contributed by atoms with van der Waals surface area (Å²) < 4.78 is 0.573. The lowest BCUT2D eigenvalue weighted by atomic mass is 10.1. The summed E-state index contributed by atoms with van der Waals surface area (Å²) in [6, 6.07) is 11.9. The molecule has 0 spiro atoms. The molecule has 0 radical (unpaired) electrons. The van der Waals surface area contributed by atoms with E-state index < -0.39 is 0 Å². The minimum absolute atomic E-state index is 0.418. The highest BCUT2D eigenvalue weighted by Gasteiger charge is 2.03. The zero-order valence-electron chi connectivity index (χ0n) is 8.02. The molecular formula is C11H10BrN3. The molecule has 2 N–H and O–H groups in total. The first-order valence-corrected chi connectivity index (χ1v) is 5.38. The summed E-state index contributed by atoms with van der Waals surface area (Å²) in [7, 11) is 0. The fourth-order valence-electron chi connectivity index (χ4n) is 1.33. The van der Waals surface area contributed by atoms with Crippen LogP contribution in [0.4, 0.5) is 0 Å². The van der Waals surface area contributed by atoms with E-state index in [-0.39, 0.29) is 0 Å². The second-order valence-electron chi connectivity index (χ2n) is 3.08. The molecule has 1 aromatic carbocycles. The molecule has 0 fully saturated rings. The third kappa shape index (κ3) is 2.40. The Morgan fingerprint density at radius 3 is 2.53 bits per heavy atom. The molecule has 0 saturated carbocycles. The van der Waals surface area contributed by atoms with Crippen LogP contribution in [0.15, 0.2) is 41.1 Å². The van der Waals surface area contributed by atoms with Crippen LogP contribution in [0.3, 0.4) is 0 Å². The Balaban J connectivity index is 2.49. The Morgan fingerprint density at radius 2 is 1.87 bits per heavy atom. The Bertz CT molecular complexity index is 457. The zero-order valence-corrected chi connectivity index (χ0v) is 9.61. The van der Waals surface area contributed by atoms with Crippen LogP contribution in [0.5, 0.6) is 0 Å². The maximum Gasteiger partial charge on any atom is 0.197 e. The van der Waals surface area contributed by atoms with Crippen LogP contribution in [0.25, 0.3) is 11.3 Å². The van der Waals surface area contributed by atoms with Crippen LogP contribution in [-0.2, 0) is 6.54 Å². The third-order valence-corrected chi connectivity index (χ3v) is 2.39. The van der Waals surface area contributed by atoms with E-state index in [0.29, 0.717) is 11.3 Å². The lowest BCUT2D eigenvalue weighted by Gasteiger charge is -2.03. The molecule has 0 unspecified atom stereocenters. The number of rotatable bonds is 2. The zero-order chi connectivity index (χ0) is 10.7. The highest BCUT2D eigenvalue weighted by Crippen LogP contribution is 2.18. The quantitative estimate of drug-likeness (QED) is 0.847. The predicted molar refractivity (Wildman–Crippen MR) is 63.1 cm³/mol. The topological polar surface area (TPSA) is 51.8 Å². The number of hydrogen-bond acceptors (Lipinski definition) is 3. The minimum atomic E-state index is 0.418. The first-order chi connectivity index (χ1) is 7.29. The van der Waals surface area contributed by atoms with Gasteiger partial charge in [-0.2, -0.15) is 0 Å². The Morgan fingerprint density at radius 1 is 1.13 bits per heavy atom. The fraction of sp³-hybridized carbons (Fsp3) is 0.0909. The molecule has 0 bridgehead atoms. The fourth-order valence-corrected chi connectivity index (χ4v) is 1.75. The average Bonchev–Trinajstić information content (AvgIpc) is 2.29. The van der Waals surface area contributed by atoms with Crippen LogP contribution in [0.1, 0.15) is 5.69 Å². The molecule has 1 heterocycles. The summed E-state index contributed by atoms with van der Waals surface area (Å²) in [5, 5.41) is 0. The van der Waals surface area contributed by atoms with Crippen molar-refractivity contribution in [3.8, 4) is 11.3 Å². The highest BCUT2D eigenvalue weighted by atomic mass is 79.9. The Hall–Kier alpha value is -1.26. The van der Waals surface area contributed by atoms with E-state index >= 15 is 0 Å². The normalized spacial score (nSPS) is 10.3. The summed E-state index contributed by atoms with van der Waals surface area (Å²) in [6.45, 7) is 0.418. The number of nitrogens with two attached hydrogens (primary N) is 1. The summed E-state index contributed by atoms with van der Waals surface area (Å²) >= 11 is 3.27. The number of hydrogen-bond donors (Lipinski definition) is 1. The van der Waals surface area contributed by atoms with E-state index in [9.17, 15) is 0 Å². The maximum absolute atomic E-state index is 5.55. The van der Waals surface area contributed by atoms with Gasteiger partial charge in [-0.1, -0.05) is 30.3 Å². The average molecular weight is 264 g/mol. The molecule has 2 rings (SSSR count). The summed E-state index contributed by atoms with van der Waals surface area (Å²) in [5.41, 5.74) is 8.34. The van der Waals surface area contributed by atoms with Gasteiger partial charge in [0.1, 0.15) is 0 Å². The SMILES string of the molecule is NCc1cc(-c2ccccc2)nc(Br)n1. The molecule has 0 aliphatic heterocycles. The summed E-state index contributed by atoms with van der Waals surface area (Å²) in [6.07, 6.45) is 0. The Kier molecular flexibility index (Phi) is 3.08. The minimum Gasteiger partial charge on any atom is -0.325 e. The molecule has 0 aliphatic carbocycles.